The zero-order valence-electron chi connectivity index (χ0n) is 10.1. The Kier molecular flexibility index (Phi) is 7.65. The number of hydrogen-bond donors (Lipinski definition) is 0. The van der Waals surface area contributed by atoms with Gasteiger partial charge in [-0.3, -0.25) is 9.00 Å². The van der Waals surface area contributed by atoms with E-state index >= 15 is 0 Å². The van der Waals surface area contributed by atoms with Gasteiger partial charge in [0.05, 0.1) is 6.61 Å². The molecule has 0 aliphatic rings. The lowest BCUT2D eigenvalue weighted by Gasteiger charge is -2.15. The molecular formula is C11H22O3S. The average molecular weight is 234 g/mol. The summed E-state index contributed by atoms with van der Waals surface area (Å²) in [4.78, 5) is 11.5. The summed E-state index contributed by atoms with van der Waals surface area (Å²) in [6.45, 7) is 8.11. The monoisotopic (exact) mass is 234 g/mol. The molecule has 0 aliphatic heterocycles. The summed E-state index contributed by atoms with van der Waals surface area (Å²) in [6, 6.07) is 0. The molecule has 0 saturated carbocycles. The quantitative estimate of drug-likeness (QED) is 0.634. The van der Waals surface area contributed by atoms with Crippen LogP contribution in [0.1, 0.15) is 40.5 Å². The van der Waals surface area contributed by atoms with Crippen LogP contribution in [0.4, 0.5) is 0 Å². The highest BCUT2D eigenvalue weighted by Gasteiger charge is 2.25. The molecule has 0 spiro atoms. The number of rotatable bonds is 7. The van der Waals surface area contributed by atoms with Crippen molar-refractivity contribution >= 4 is 16.8 Å². The van der Waals surface area contributed by atoms with Crippen molar-refractivity contribution in [2.45, 2.75) is 45.8 Å². The van der Waals surface area contributed by atoms with Gasteiger partial charge in [-0.15, -0.1) is 0 Å². The van der Waals surface area contributed by atoms with E-state index in [0.29, 0.717) is 24.7 Å². The summed E-state index contributed by atoms with van der Waals surface area (Å²) in [6.07, 6.45) is 1.58. The van der Waals surface area contributed by atoms with Gasteiger partial charge in [-0.05, 0) is 19.3 Å². The van der Waals surface area contributed by atoms with E-state index in [9.17, 15) is 9.00 Å². The minimum atomic E-state index is -1.09. The van der Waals surface area contributed by atoms with Gasteiger partial charge in [0.15, 0.2) is 0 Å². The van der Waals surface area contributed by atoms with E-state index in [1.807, 2.05) is 6.92 Å². The van der Waals surface area contributed by atoms with Crippen LogP contribution in [0.3, 0.4) is 0 Å². The van der Waals surface area contributed by atoms with Crippen molar-refractivity contribution in [3.63, 3.8) is 0 Å². The zero-order chi connectivity index (χ0) is 11.8. The summed E-state index contributed by atoms with van der Waals surface area (Å²) < 4.78 is 16.8. The third-order valence-electron chi connectivity index (χ3n) is 2.38. The van der Waals surface area contributed by atoms with Gasteiger partial charge in [0.1, 0.15) is 5.25 Å². The summed E-state index contributed by atoms with van der Waals surface area (Å²) in [5, 5.41) is -0.445. The molecule has 0 aromatic rings. The average Bonchev–Trinajstić information content (AvgIpc) is 2.19. The first-order valence-electron chi connectivity index (χ1n) is 5.60. The first-order chi connectivity index (χ1) is 7.06. The van der Waals surface area contributed by atoms with E-state index in [-0.39, 0.29) is 5.97 Å². The van der Waals surface area contributed by atoms with Crippen LogP contribution in [0, 0.1) is 5.92 Å². The van der Waals surface area contributed by atoms with E-state index in [0.717, 1.165) is 6.42 Å². The first-order valence-corrected chi connectivity index (χ1v) is 6.98. The Morgan fingerprint density at radius 2 is 1.87 bits per heavy atom. The van der Waals surface area contributed by atoms with E-state index in [2.05, 4.69) is 13.8 Å². The minimum Gasteiger partial charge on any atom is -0.465 e. The molecule has 0 aliphatic carbocycles. The van der Waals surface area contributed by atoms with Crippen molar-refractivity contribution in [2.75, 3.05) is 12.4 Å². The fourth-order valence-corrected chi connectivity index (χ4v) is 2.89. The number of ether oxygens (including phenoxy) is 1. The molecule has 3 nitrogen and oxygen atoms in total. The summed E-state index contributed by atoms with van der Waals surface area (Å²) in [5.74, 6) is 0.671. The third kappa shape index (κ3) is 5.30. The number of carbonyl (C=O) groups is 1. The second-order valence-electron chi connectivity index (χ2n) is 3.71. The molecule has 15 heavy (non-hydrogen) atoms. The van der Waals surface area contributed by atoms with Gasteiger partial charge in [0.2, 0.25) is 0 Å². The lowest BCUT2D eigenvalue weighted by molar-refractivity contribution is -0.142. The fourth-order valence-electron chi connectivity index (χ4n) is 1.21. The maximum Gasteiger partial charge on any atom is 0.321 e. The van der Waals surface area contributed by atoms with Gasteiger partial charge >= 0.3 is 5.97 Å². The molecule has 90 valence electrons. The van der Waals surface area contributed by atoms with Gasteiger partial charge in [-0.25, -0.2) is 0 Å². The van der Waals surface area contributed by atoms with Crippen LogP contribution in [0.15, 0.2) is 0 Å². The summed E-state index contributed by atoms with van der Waals surface area (Å²) in [7, 11) is -1.09. The molecule has 0 saturated heterocycles. The van der Waals surface area contributed by atoms with Crippen molar-refractivity contribution in [3.05, 3.63) is 0 Å². The molecule has 3 unspecified atom stereocenters. The van der Waals surface area contributed by atoms with Crippen LogP contribution >= 0.6 is 0 Å². The minimum absolute atomic E-state index is 0.318. The first kappa shape index (κ1) is 14.6. The predicted octanol–water partition coefficient (Wildman–Crippen LogP) is 2.12. The molecule has 0 N–H and O–H groups in total. The maximum absolute atomic E-state index is 11.9. The van der Waals surface area contributed by atoms with Crippen molar-refractivity contribution in [1.29, 1.82) is 0 Å². The second kappa shape index (κ2) is 7.85. The standard InChI is InChI=1S/C11H22O3S/c1-5-9(4)8-15(13)10(6-2)11(12)14-7-3/h9-10H,5-8H2,1-4H3. The molecule has 0 aromatic carbocycles. The van der Waals surface area contributed by atoms with Crippen LogP contribution in [-0.2, 0) is 20.3 Å². The van der Waals surface area contributed by atoms with Crippen molar-refractivity contribution in [1.82, 2.24) is 0 Å². The Hall–Kier alpha value is -0.380. The highest BCUT2D eigenvalue weighted by Crippen LogP contribution is 2.11. The molecule has 0 fully saturated rings. The SMILES string of the molecule is CCOC(=O)C(CC)S(=O)CC(C)CC. The summed E-state index contributed by atoms with van der Waals surface area (Å²) in [5.41, 5.74) is 0. The Labute approximate surface area is 95.0 Å². The smallest absolute Gasteiger partial charge is 0.321 e. The van der Waals surface area contributed by atoms with Crippen LogP contribution < -0.4 is 0 Å². The lowest BCUT2D eigenvalue weighted by atomic mass is 10.2. The van der Waals surface area contributed by atoms with Gasteiger partial charge in [0.25, 0.3) is 0 Å². The molecule has 3 atom stereocenters. The van der Waals surface area contributed by atoms with Gasteiger partial charge in [-0.2, -0.15) is 0 Å². The topological polar surface area (TPSA) is 43.4 Å². The van der Waals surface area contributed by atoms with Crippen molar-refractivity contribution < 1.29 is 13.7 Å². The maximum atomic E-state index is 11.9. The Bertz CT molecular complexity index is 216. The lowest BCUT2D eigenvalue weighted by Crippen LogP contribution is -2.30. The zero-order valence-corrected chi connectivity index (χ0v) is 10.9. The highest BCUT2D eigenvalue weighted by molar-refractivity contribution is 7.86. The Morgan fingerprint density at radius 3 is 2.27 bits per heavy atom. The molecule has 0 amide bonds. The van der Waals surface area contributed by atoms with E-state index in [1.165, 1.54) is 0 Å². The number of carbonyl (C=O) groups excluding carboxylic acids is 1. The fraction of sp³-hybridized carbons (Fsp3) is 0.909. The van der Waals surface area contributed by atoms with Crippen LogP contribution in [0.25, 0.3) is 0 Å². The molecular weight excluding hydrogens is 212 g/mol. The van der Waals surface area contributed by atoms with Crippen LogP contribution in [0.5, 0.6) is 0 Å². The third-order valence-corrected chi connectivity index (χ3v) is 4.44. The summed E-state index contributed by atoms with van der Waals surface area (Å²) >= 11 is 0. The highest BCUT2D eigenvalue weighted by atomic mass is 32.2. The van der Waals surface area contributed by atoms with Gasteiger partial charge in [-0.1, -0.05) is 27.2 Å². The molecule has 0 rings (SSSR count). The van der Waals surface area contributed by atoms with Crippen LogP contribution in [-0.4, -0.2) is 27.8 Å². The van der Waals surface area contributed by atoms with Crippen LogP contribution in [0.2, 0.25) is 0 Å². The second-order valence-corrected chi connectivity index (χ2v) is 5.37. The predicted molar refractivity (Wildman–Crippen MR) is 63.2 cm³/mol. The number of esters is 1. The van der Waals surface area contributed by atoms with Crippen molar-refractivity contribution in [3.8, 4) is 0 Å². The molecule has 0 radical (unpaired) electrons. The van der Waals surface area contributed by atoms with E-state index < -0.39 is 16.0 Å². The normalized spacial score (nSPS) is 16.8. The van der Waals surface area contributed by atoms with Crippen molar-refractivity contribution in [2.24, 2.45) is 5.92 Å². The molecule has 0 bridgehead atoms. The largest absolute Gasteiger partial charge is 0.465 e. The number of hydrogen-bond acceptors (Lipinski definition) is 3. The van der Waals surface area contributed by atoms with Gasteiger partial charge < -0.3 is 4.74 Å². The Balaban J connectivity index is 4.27. The Morgan fingerprint density at radius 1 is 1.27 bits per heavy atom. The molecule has 4 heteroatoms. The molecule has 0 aromatic heterocycles. The van der Waals surface area contributed by atoms with E-state index in [4.69, 9.17) is 4.74 Å². The van der Waals surface area contributed by atoms with Gasteiger partial charge in [0, 0.05) is 16.6 Å². The van der Waals surface area contributed by atoms with E-state index in [1.54, 1.807) is 6.92 Å². The molecule has 0 heterocycles.